The molecule has 0 fully saturated rings. The first-order valence-electron chi connectivity index (χ1n) is 6.21. The Morgan fingerprint density at radius 1 is 1.35 bits per heavy atom. The zero-order valence-electron chi connectivity index (χ0n) is 10.9. The number of anilines is 2. The topological polar surface area (TPSA) is 111 Å². The number of nitrogens with two attached hydrogens (primary N) is 2. The van der Waals surface area contributed by atoms with Gasteiger partial charge in [0.2, 0.25) is 5.95 Å². The molecule has 1 atom stereocenters. The molecule has 20 heavy (non-hydrogen) atoms. The van der Waals surface area contributed by atoms with Gasteiger partial charge in [-0.3, -0.25) is 0 Å². The fraction of sp³-hybridized carbons (Fsp3) is 0.214. The van der Waals surface area contributed by atoms with Crippen molar-refractivity contribution < 1.29 is 4.74 Å². The van der Waals surface area contributed by atoms with Crippen LogP contribution in [0.2, 0.25) is 0 Å². The van der Waals surface area contributed by atoms with Crippen molar-refractivity contribution in [2.75, 3.05) is 11.5 Å². The largest absolute Gasteiger partial charge is 0.490 e. The molecule has 1 aliphatic rings. The van der Waals surface area contributed by atoms with Gasteiger partial charge < -0.3 is 16.2 Å². The van der Waals surface area contributed by atoms with Gasteiger partial charge in [-0.05, 0) is 30.7 Å². The van der Waals surface area contributed by atoms with E-state index >= 15 is 0 Å². The molecule has 1 aromatic carbocycles. The lowest BCUT2D eigenvalue weighted by Crippen LogP contribution is -2.05. The molecule has 1 aliphatic heterocycles. The molecule has 3 rings (SSSR count). The van der Waals surface area contributed by atoms with Crippen LogP contribution >= 0.6 is 0 Å². The van der Waals surface area contributed by atoms with E-state index in [2.05, 4.69) is 9.97 Å². The highest BCUT2D eigenvalue weighted by molar-refractivity contribution is 5.74. The maximum Gasteiger partial charge on any atom is 0.222 e. The monoisotopic (exact) mass is 267 g/mol. The van der Waals surface area contributed by atoms with E-state index in [4.69, 9.17) is 16.2 Å². The van der Waals surface area contributed by atoms with Gasteiger partial charge in [0.25, 0.3) is 0 Å². The van der Waals surface area contributed by atoms with E-state index in [9.17, 15) is 5.26 Å². The van der Waals surface area contributed by atoms with Crippen LogP contribution in [0.5, 0.6) is 5.75 Å². The highest BCUT2D eigenvalue weighted by Gasteiger charge is 2.21. The normalized spacial score (nSPS) is 16.3. The summed E-state index contributed by atoms with van der Waals surface area (Å²) < 4.78 is 5.65. The van der Waals surface area contributed by atoms with Crippen molar-refractivity contribution in [3.05, 3.63) is 29.3 Å². The molecule has 0 saturated carbocycles. The second-order valence-electron chi connectivity index (χ2n) is 4.76. The molecule has 0 saturated heterocycles. The van der Waals surface area contributed by atoms with Crippen LogP contribution < -0.4 is 16.2 Å². The number of hydrogen-bond donors (Lipinski definition) is 2. The quantitative estimate of drug-likeness (QED) is 0.810. The van der Waals surface area contributed by atoms with Crippen LogP contribution in [0.15, 0.2) is 18.2 Å². The molecule has 100 valence electrons. The van der Waals surface area contributed by atoms with Crippen molar-refractivity contribution >= 4 is 11.8 Å². The standard InChI is InChI=1S/C14H13N5O/c1-7-4-9-5-8(2-3-11(9)20-7)12-10(6-15)13(16)19-14(17)18-12/h2-3,5,7H,4H2,1H3,(H4,16,17,18,19). The summed E-state index contributed by atoms with van der Waals surface area (Å²) in [7, 11) is 0. The molecule has 1 unspecified atom stereocenters. The number of ether oxygens (including phenoxy) is 1. The van der Waals surface area contributed by atoms with E-state index in [0.29, 0.717) is 5.69 Å². The molecular formula is C14H13N5O. The average molecular weight is 267 g/mol. The summed E-state index contributed by atoms with van der Waals surface area (Å²) in [5, 5.41) is 9.21. The van der Waals surface area contributed by atoms with Gasteiger partial charge in [0.1, 0.15) is 29.3 Å². The summed E-state index contributed by atoms with van der Waals surface area (Å²) in [6.07, 6.45) is 0.998. The zero-order chi connectivity index (χ0) is 14.3. The first-order valence-corrected chi connectivity index (χ1v) is 6.21. The fourth-order valence-electron chi connectivity index (χ4n) is 2.38. The Labute approximate surface area is 116 Å². The Morgan fingerprint density at radius 3 is 2.90 bits per heavy atom. The van der Waals surface area contributed by atoms with Gasteiger partial charge in [0, 0.05) is 12.0 Å². The van der Waals surface area contributed by atoms with Gasteiger partial charge in [0.05, 0.1) is 5.69 Å². The third kappa shape index (κ3) is 1.89. The van der Waals surface area contributed by atoms with Crippen molar-refractivity contribution in [3.8, 4) is 23.1 Å². The lowest BCUT2D eigenvalue weighted by atomic mass is 10.0. The maximum absolute atomic E-state index is 9.21. The summed E-state index contributed by atoms with van der Waals surface area (Å²) in [4.78, 5) is 7.96. The van der Waals surface area contributed by atoms with Crippen LogP contribution in [0.3, 0.4) is 0 Å². The molecule has 6 nitrogen and oxygen atoms in total. The number of fused-ring (bicyclic) bond motifs is 1. The highest BCUT2D eigenvalue weighted by Crippen LogP contribution is 2.34. The van der Waals surface area contributed by atoms with Gasteiger partial charge in [-0.1, -0.05) is 0 Å². The van der Waals surface area contributed by atoms with Gasteiger partial charge in [0.15, 0.2) is 0 Å². The maximum atomic E-state index is 9.21. The second-order valence-corrected chi connectivity index (χ2v) is 4.76. The average Bonchev–Trinajstić information content (AvgIpc) is 2.76. The third-order valence-corrected chi connectivity index (χ3v) is 3.24. The molecule has 0 aliphatic carbocycles. The first-order chi connectivity index (χ1) is 9.58. The summed E-state index contributed by atoms with van der Waals surface area (Å²) in [6.45, 7) is 2.01. The molecule has 1 aromatic heterocycles. The summed E-state index contributed by atoms with van der Waals surface area (Å²) in [5.41, 5.74) is 13.9. The smallest absolute Gasteiger partial charge is 0.222 e. The van der Waals surface area contributed by atoms with Crippen molar-refractivity contribution in [1.29, 1.82) is 5.26 Å². The molecule has 0 bridgehead atoms. The zero-order valence-corrected chi connectivity index (χ0v) is 10.9. The predicted octanol–water partition coefficient (Wildman–Crippen LogP) is 1.50. The van der Waals surface area contributed by atoms with Gasteiger partial charge in [-0.25, -0.2) is 4.98 Å². The molecule has 0 spiro atoms. The van der Waals surface area contributed by atoms with Gasteiger partial charge in [-0.2, -0.15) is 10.2 Å². The van der Waals surface area contributed by atoms with Crippen molar-refractivity contribution in [2.24, 2.45) is 0 Å². The molecule has 2 aromatic rings. The van der Waals surface area contributed by atoms with E-state index in [0.717, 1.165) is 23.3 Å². The van der Waals surface area contributed by atoms with E-state index in [1.807, 2.05) is 31.2 Å². The number of benzene rings is 1. The molecule has 4 N–H and O–H groups in total. The number of nitrogens with zero attached hydrogens (tertiary/aromatic N) is 3. The summed E-state index contributed by atoms with van der Waals surface area (Å²) in [5.74, 6) is 1.02. The van der Waals surface area contributed by atoms with Gasteiger partial charge in [-0.15, -0.1) is 0 Å². The summed E-state index contributed by atoms with van der Waals surface area (Å²) >= 11 is 0. The fourth-order valence-corrected chi connectivity index (χ4v) is 2.38. The molecule has 2 heterocycles. The number of nitrogen functional groups attached to an aromatic ring is 2. The van der Waals surface area contributed by atoms with E-state index in [-0.39, 0.29) is 23.4 Å². The Kier molecular flexibility index (Phi) is 2.68. The Balaban J connectivity index is 2.16. The Morgan fingerprint density at radius 2 is 2.15 bits per heavy atom. The molecule has 0 amide bonds. The first kappa shape index (κ1) is 12.2. The number of nitriles is 1. The minimum absolute atomic E-state index is 0.0571. The van der Waals surface area contributed by atoms with Crippen molar-refractivity contribution in [1.82, 2.24) is 9.97 Å². The van der Waals surface area contributed by atoms with Crippen LogP contribution in [0.4, 0.5) is 11.8 Å². The number of rotatable bonds is 1. The van der Waals surface area contributed by atoms with Crippen LogP contribution in [-0.2, 0) is 6.42 Å². The summed E-state index contributed by atoms with van der Waals surface area (Å²) in [6, 6.07) is 7.71. The molecular weight excluding hydrogens is 254 g/mol. The van der Waals surface area contributed by atoms with Crippen molar-refractivity contribution in [2.45, 2.75) is 19.4 Å². The number of aromatic nitrogens is 2. The second kappa shape index (κ2) is 4.38. The van der Waals surface area contributed by atoms with Crippen molar-refractivity contribution in [3.63, 3.8) is 0 Å². The highest BCUT2D eigenvalue weighted by atomic mass is 16.5. The lowest BCUT2D eigenvalue weighted by Gasteiger charge is -2.08. The molecule has 6 heteroatoms. The van der Waals surface area contributed by atoms with E-state index < -0.39 is 0 Å². The Hall–Kier alpha value is -2.81. The minimum atomic E-state index is 0.0571. The van der Waals surface area contributed by atoms with Crippen LogP contribution in [-0.4, -0.2) is 16.1 Å². The van der Waals surface area contributed by atoms with E-state index in [1.165, 1.54) is 0 Å². The van der Waals surface area contributed by atoms with E-state index in [1.54, 1.807) is 0 Å². The Bertz CT molecular complexity index is 735. The van der Waals surface area contributed by atoms with Crippen LogP contribution in [0, 0.1) is 11.3 Å². The minimum Gasteiger partial charge on any atom is -0.490 e. The number of hydrogen-bond acceptors (Lipinski definition) is 6. The van der Waals surface area contributed by atoms with Crippen LogP contribution in [0.25, 0.3) is 11.3 Å². The SMILES string of the molecule is CC1Cc2cc(-c3nc(N)nc(N)c3C#N)ccc2O1. The van der Waals surface area contributed by atoms with Crippen LogP contribution in [0.1, 0.15) is 18.1 Å². The predicted molar refractivity (Wildman–Crippen MR) is 74.8 cm³/mol. The third-order valence-electron chi connectivity index (χ3n) is 3.24. The molecule has 0 radical (unpaired) electrons. The van der Waals surface area contributed by atoms with Gasteiger partial charge >= 0.3 is 0 Å². The lowest BCUT2D eigenvalue weighted by molar-refractivity contribution is 0.254.